The summed E-state index contributed by atoms with van der Waals surface area (Å²) in [4.78, 5) is 35.0. The Morgan fingerprint density at radius 1 is 1.27 bits per heavy atom. The largest absolute Gasteiger partial charge is 0.481 e. The van der Waals surface area contributed by atoms with Crippen LogP contribution in [-0.4, -0.2) is 33.5 Å². The summed E-state index contributed by atoms with van der Waals surface area (Å²) < 4.78 is 0. The van der Waals surface area contributed by atoms with Gasteiger partial charge >= 0.3 is 11.9 Å². The average Bonchev–Trinajstić information content (AvgIpc) is 3.17. The van der Waals surface area contributed by atoms with Crippen LogP contribution in [0.25, 0.3) is 0 Å². The normalized spacial score (nSPS) is 34.0. The predicted molar refractivity (Wildman–Crippen MR) is 76.1 cm³/mol. The Bertz CT molecular complexity index is 639. The number of Topliss-reactive ketones (excluding diaryl/α,β-unsaturated/α-hetero) is 1. The number of carboxylic acid groups (broad SMARTS) is 2. The first kappa shape index (κ1) is 14.7. The van der Waals surface area contributed by atoms with Crippen LogP contribution in [0.1, 0.15) is 24.9 Å². The van der Waals surface area contributed by atoms with Gasteiger partial charge in [-0.3, -0.25) is 19.7 Å². The van der Waals surface area contributed by atoms with Crippen molar-refractivity contribution in [3.8, 4) is 0 Å². The van der Waals surface area contributed by atoms with E-state index in [0.29, 0.717) is 0 Å². The number of hydrogen-bond donors (Lipinski definition) is 3. The van der Waals surface area contributed by atoms with E-state index < -0.39 is 35.2 Å². The third kappa shape index (κ3) is 2.02. The van der Waals surface area contributed by atoms with Crippen LogP contribution in [0.5, 0.6) is 0 Å². The molecule has 1 aromatic carbocycles. The molecule has 5 atom stereocenters. The fourth-order valence-electron chi connectivity index (χ4n) is 3.78. The zero-order chi connectivity index (χ0) is 16.1. The lowest BCUT2D eigenvalue weighted by Crippen LogP contribution is -2.55. The van der Waals surface area contributed by atoms with E-state index in [2.05, 4.69) is 5.32 Å². The van der Waals surface area contributed by atoms with E-state index in [1.807, 2.05) is 37.3 Å². The van der Waals surface area contributed by atoms with Crippen molar-refractivity contribution in [2.45, 2.75) is 24.9 Å². The van der Waals surface area contributed by atoms with E-state index in [4.69, 9.17) is 5.11 Å². The predicted octanol–water partition coefficient (Wildman–Crippen LogP) is 1.08. The third-order valence-electron chi connectivity index (χ3n) is 4.85. The highest BCUT2D eigenvalue weighted by Crippen LogP contribution is 2.61. The van der Waals surface area contributed by atoms with Gasteiger partial charge in [0.25, 0.3) is 0 Å². The van der Waals surface area contributed by atoms with Crippen LogP contribution >= 0.6 is 0 Å². The molecule has 2 saturated carbocycles. The minimum atomic E-state index is -1.49. The number of aliphatic carboxylic acids is 2. The molecular formula is C16H17NO5. The fourth-order valence-corrected chi connectivity index (χ4v) is 3.78. The quantitative estimate of drug-likeness (QED) is 0.752. The molecule has 0 spiro atoms. The van der Waals surface area contributed by atoms with Gasteiger partial charge in [0.2, 0.25) is 0 Å². The number of carboxylic acids is 2. The molecule has 0 aliphatic heterocycles. The first-order chi connectivity index (χ1) is 10.4. The summed E-state index contributed by atoms with van der Waals surface area (Å²) in [6.45, 7) is 1.82. The highest BCUT2D eigenvalue weighted by molar-refractivity contribution is 6.02. The number of fused-ring (bicyclic) bond motifs is 1. The average molecular weight is 303 g/mol. The molecule has 0 radical (unpaired) electrons. The zero-order valence-electron chi connectivity index (χ0n) is 12.0. The first-order valence-electron chi connectivity index (χ1n) is 7.20. The maximum atomic E-state index is 12.0. The molecule has 3 N–H and O–H groups in total. The van der Waals surface area contributed by atoms with E-state index in [1.165, 1.54) is 0 Å². The van der Waals surface area contributed by atoms with Crippen molar-refractivity contribution in [3.63, 3.8) is 0 Å². The Labute approximate surface area is 127 Å². The number of ketones is 1. The molecule has 3 rings (SSSR count). The van der Waals surface area contributed by atoms with Crippen LogP contribution in [0.3, 0.4) is 0 Å². The maximum Gasteiger partial charge on any atom is 0.324 e. The standard InChI is InChI=1S/C16H17NO5/c1-8(9-5-3-2-4-6-9)17-16(15(21)22)7-10(18)11-12(13(11)16)14(19)20/h2-6,8,11-13,17H,7H2,1H3,(H,19,20)(H,21,22)/t8-,11+,12+,13+,16+/m1/s1. The number of nitrogens with one attached hydrogen (secondary N) is 1. The lowest BCUT2D eigenvalue weighted by atomic mass is 9.88. The number of carbonyl (C=O) groups excluding carboxylic acids is 1. The zero-order valence-corrected chi connectivity index (χ0v) is 12.0. The highest BCUT2D eigenvalue weighted by Gasteiger charge is 2.75. The van der Waals surface area contributed by atoms with Crippen LogP contribution in [0, 0.1) is 17.8 Å². The number of carbonyl (C=O) groups is 3. The molecule has 1 aromatic rings. The summed E-state index contributed by atoms with van der Waals surface area (Å²) in [5.41, 5.74) is -0.591. The highest BCUT2D eigenvalue weighted by atomic mass is 16.4. The Morgan fingerprint density at radius 3 is 2.41 bits per heavy atom. The Balaban J connectivity index is 1.89. The van der Waals surface area contributed by atoms with Gasteiger partial charge in [-0.1, -0.05) is 30.3 Å². The lowest BCUT2D eigenvalue weighted by molar-refractivity contribution is -0.149. The molecule has 2 aliphatic rings. The van der Waals surface area contributed by atoms with Crippen LogP contribution in [0.4, 0.5) is 0 Å². The molecule has 2 fully saturated rings. The maximum absolute atomic E-state index is 12.0. The van der Waals surface area contributed by atoms with Crippen molar-refractivity contribution < 1.29 is 24.6 Å². The summed E-state index contributed by atoms with van der Waals surface area (Å²) in [5.74, 6) is -4.73. The molecular weight excluding hydrogens is 286 g/mol. The monoisotopic (exact) mass is 303 g/mol. The van der Waals surface area contributed by atoms with Crippen LogP contribution in [0.2, 0.25) is 0 Å². The molecule has 0 unspecified atom stereocenters. The molecule has 0 aromatic heterocycles. The van der Waals surface area contributed by atoms with E-state index in [-0.39, 0.29) is 18.2 Å². The van der Waals surface area contributed by atoms with E-state index >= 15 is 0 Å². The molecule has 0 saturated heterocycles. The van der Waals surface area contributed by atoms with Gasteiger partial charge in [-0.05, 0) is 12.5 Å². The summed E-state index contributed by atoms with van der Waals surface area (Å²) in [7, 11) is 0. The minimum Gasteiger partial charge on any atom is -0.481 e. The van der Waals surface area contributed by atoms with Crippen molar-refractivity contribution in [2.24, 2.45) is 17.8 Å². The minimum absolute atomic E-state index is 0.154. The second-order valence-electron chi connectivity index (χ2n) is 6.11. The molecule has 0 bridgehead atoms. The third-order valence-corrected chi connectivity index (χ3v) is 4.85. The van der Waals surface area contributed by atoms with Gasteiger partial charge in [0.05, 0.1) is 5.92 Å². The van der Waals surface area contributed by atoms with Gasteiger partial charge in [-0.2, -0.15) is 0 Å². The Kier molecular flexibility index (Phi) is 3.29. The number of rotatable bonds is 5. The summed E-state index contributed by atoms with van der Waals surface area (Å²) in [6, 6.07) is 8.99. The summed E-state index contributed by atoms with van der Waals surface area (Å²) in [5, 5.41) is 21.9. The summed E-state index contributed by atoms with van der Waals surface area (Å²) >= 11 is 0. The van der Waals surface area contributed by atoms with Crippen molar-refractivity contribution in [3.05, 3.63) is 35.9 Å². The lowest BCUT2D eigenvalue weighted by Gasteiger charge is -2.31. The molecule has 0 heterocycles. The van der Waals surface area contributed by atoms with Crippen molar-refractivity contribution in [1.82, 2.24) is 5.32 Å². The van der Waals surface area contributed by atoms with Gasteiger partial charge in [0, 0.05) is 24.3 Å². The van der Waals surface area contributed by atoms with Gasteiger partial charge in [0.1, 0.15) is 11.3 Å². The molecule has 2 aliphatic carbocycles. The molecule has 0 amide bonds. The fraction of sp³-hybridized carbons (Fsp3) is 0.438. The SMILES string of the molecule is C[C@@H](N[C@@]1(C(=O)O)CC(=O)[C@H]2[C@H](C(=O)O)[C@H]21)c1ccccc1. The first-order valence-corrected chi connectivity index (χ1v) is 7.20. The van der Waals surface area contributed by atoms with Gasteiger partial charge < -0.3 is 10.2 Å². The van der Waals surface area contributed by atoms with Gasteiger partial charge in [-0.15, -0.1) is 0 Å². The smallest absolute Gasteiger partial charge is 0.324 e. The molecule has 116 valence electrons. The Hall–Kier alpha value is -2.21. The number of benzene rings is 1. The van der Waals surface area contributed by atoms with E-state index in [0.717, 1.165) is 5.56 Å². The van der Waals surface area contributed by atoms with Crippen molar-refractivity contribution >= 4 is 17.7 Å². The van der Waals surface area contributed by atoms with E-state index in [9.17, 15) is 19.5 Å². The van der Waals surface area contributed by atoms with Crippen molar-refractivity contribution in [1.29, 1.82) is 0 Å². The molecule has 6 nitrogen and oxygen atoms in total. The Morgan fingerprint density at radius 2 is 1.91 bits per heavy atom. The van der Waals surface area contributed by atoms with E-state index in [1.54, 1.807) is 0 Å². The summed E-state index contributed by atoms with van der Waals surface area (Å²) in [6.07, 6.45) is -0.154. The van der Waals surface area contributed by atoms with Crippen molar-refractivity contribution in [2.75, 3.05) is 0 Å². The van der Waals surface area contributed by atoms with Crippen LogP contribution in [-0.2, 0) is 14.4 Å². The topological polar surface area (TPSA) is 104 Å². The number of hydrogen-bond acceptors (Lipinski definition) is 4. The van der Waals surface area contributed by atoms with Crippen LogP contribution < -0.4 is 5.32 Å². The van der Waals surface area contributed by atoms with Crippen LogP contribution in [0.15, 0.2) is 30.3 Å². The van der Waals surface area contributed by atoms with Gasteiger partial charge in [0.15, 0.2) is 0 Å². The second kappa shape index (κ2) is 4.91. The second-order valence-corrected chi connectivity index (χ2v) is 6.11. The van der Waals surface area contributed by atoms with Gasteiger partial charge in [-0.25, -0.2) is 0 Å². The molecule has 6 heteroatoms. The molecule has 22 heavy (non-hydrogen) atoms.